The van der Waals surface area contributed by atoms with E-state index in [9.17, 15) is 9.59 Å². The molecule has 6 nitrogen and oxygen atoms in total. The number of carbonyl (C=O) groups is 2. The van der Waals surface area contributed by atoms with Crippen molar-refractivity contribution in [2.75, 3.05) is 20.1 Å². The van der Waals surface area contributed by atoms with E-state index >= 15 is 0 Å². The van der Waals surface area contributed by atoms with E-state index in [2.05, 4.69) is 22.1 Å². The van der Waals surface area contributed by atoms with Crippen molar-refractivity contribution in [2.24, 2.45) is 5.73 Å². The lowest BCUT2D eigenvalue weighted by Crippen LogP contribution is -2.40. The number of nitrogens with one attached hydrogen (secondary N) is 1. The Morgan fingerprint density at radius 2 is 2.40 bits per heavy atom. The van der Waals surface area contributed by atoms with Crippen LogP contribution in [-0.2, 0) is 4.79 Å². The summed E-state index contributed by atoms with van der Waals surface area (Å²) in [5.74, 6) is 5.14. The molecule has 2 heterocycles. The second-order valence-electron chi connectivity index (χ2n) is 4.54. The van der Waals surface area contributed by atoms with Crippen molar-refractivity contribution < 1.29 is 9.59 Å². The van der Waals surface area contributed by atoms with E-state index < -0.39 is 6.04 Å². The number of carbonyl (C=O) groups excluding carboxylic acids is 2. The Morgan fingerprint density at radius 1 is 1.60 bits per heavy atom. The van der Waals surface area contributed by atoms with Crippen molar-refractivity contribution in [3.63, 3.8) is 0 Å². The molecule has 6 heteroatoms. The first-order chi connectivity index (χ1) is 9.61. The number of pyridine rings is 1. The highest BCUT2D eigenvalue weighted by Crippen LogP contribution is 2.10. The van der Waals surface area contributed by atoms with Crippen LogP contribution in [0.15, 0.2) is 18.5 Å². The minimum atomic E-state index is -0.453. The third-order valence-corrected chi connectivity index (χ3v) is 3.07. The average molecular weight is 272 g/mol. The fourth-order valence-corrected chi connectivity index (χ4v) is 1.98. The molecule has 1 atom stereocenters. The number of nitrogens with zero attached hydrogens (tertiary/aromatic N) is 2. The molecule has 2 amide bonds. The highest BCUT2D eigenvalue weighted by atomic mass is 16.2. The first-order valence-electron chi connectivity index (χ1n) is 6.31. The normalized spacial score (nSPS) is 17.6. The van der Waals surface area contributed by atoms with E-state index in [0.717, 1.165) is 0 Å². The van der Waals surface area contributed by atoms with E-state index in [1.54, 1.807) is 24.2 Å². The third-order valence-electron chi connectivity index (χ3n) is 3.07. The van der Waals surface area contributed by atoms with Crippen LogP contribution in [0.3, 0.4) is 0 Å². The van der Waals surface area contributed by atoms with Gasteiger partial charge in [0.1, 0.15) is 6.04 Å². The van der Waals surface area contributed by atoms with Crippen LogP contribution in [0, 0.1) is 11.8 Å². The van der Waals surface area contributed by atoms with Gasteiger partial charge in [0, 0.05) is 31.5 Å². The van der Waals surface area contributed by atoms with E-state index in [1.807, 2.05) is 0 Å². The molecule has 3 N–H and O–H groups in total. The summed E-state index contributed by atoms with van der Waals surface area (Å²) in [5, 5.41) is 2.72. The molecule has 2 rings (SSSR count). The van der Waals surface area contributed by atoms with Crippen molar-refractivity contribution >= 4 is 11.8 Å². The van der Waals surface area contributed by atoms with Gasteiger partial charge in [0.25, 0.3) is 5.91 Å². The van der Waals surface area contributed by atoms with Crippen LogP contribution in [0.25, 0.3) is 0 Å². The van der Waals surface area contributed by atoms with Crippen molar-refractivity contribution in [2.45, 2.75) is 12.5 Å². The molecule has 20 heavy (non-hydrogen) atoms. The maximum Gasteiger partial charge on any atom is 0.253 e. The summed E-state index contributed by atoms with van der Waals surface area (Å²) in [6, 6.07) is 1.18. The Balaban J connectivity index is 2.08. The second kappa shape index (κ2) is 6.17. The molecule has 1 saturated heterocycles. The smallest absolute Gasteiger partial charge is 0.253 e. The molecule has 1 aromatic heterocycles. The van der Waals surface area contributed by atoms with Crippen LogP contribution < -0.4 is 11.1 Å². The van der Waals surface area contributed by atoms with Crippen LogP contribution in [0.4, 0.5) is 0 Å². The van der Waals surface area contributed by atoms with Crippen molar-refractivity contribution in [3.8, 4) is 11.8 Å². The molecule has 0 aromatic carbocycles. The van der Waals surface area contributed by atoms with Gasteiger partial charge in [0.15, 0.2) is 0 Å². The number of nitrogens with two attached hydrogens (primary N) is 1. The van der Waals surface area contributed by atoms with Crippen molar-refractivity contribution in [3.05, 3.63) is 29.6 Å². The lowest BCUT2D eigenvalue weighted by Gasteiger charge is -2.12. The Bertz CT molecular complexity index is 588. The minimum Gasteiger partial charge on any atom is -0.344 e. The SMILES string of the molecule is CN1CCC(NC(=O)c2cncc(C#CCN)c2)C1=O. The fourth-order valence-electron chi connectivity index (χ4n) is 1.98. The Hall–Kier alpha value is -2.39. The highest BCUT2D eigenvalue weighted by Gasteiger charge is 2.30. The number of likely N-dealkylation sites (tertiary alicyclic amines) is 1. The largest absolute Gasteiger partial charge is 0.344 e. The van der Waals surface area contributed by atoms with Crippen molar-refractivity contribution in [1.82, 2.24) is 15.2 Å². The van der Waals surface area contributed by atoms with Crippen LogP contribution in [-0.4, -0.2) is 47.9 Å². The first-order valence-corrected chi connectivity index (χ1v) is 6.31. The minimum absolute atomic E-state index is 0.0645. The van der Waals surface area contributed by atoms with Gasteiger partial charge in [-0.05, 0) is 12.5 Å². The van der Waals surface area contributed by atoms with Crippen LogP contribution in [0.2, 0.25) is 0 Å². The predicted octanol–water partition coefficient (Wildman–Crippen LogP) is -0.648. The quantitative estimate of drug-likeness (QED) is 0.700. The zero-order chi connectivity index (χ0) is 14.5. The number of hydrogen-bond acceptors (Lipinski definition) is 4. The molecular weight excluding hydrogens is 256 g/mol. The van der Waals surface area contributed by atoms with E-state index in [1.165, 1.54) is 6.20 Å². The third kappa shape index (κ3) is 3.13. The molecule has 1 unspecified atom stereocenters. The van der Waals surface area contributed by atoms with Gasteiger partial charge in [-0.25, -0.2) is 0 Å². The molecule has 0 radical (unpaired) electrons. The predicted molar refractivity (Wildman–Crippen MR) is 73.7 cm³/mol. The highest BCUT2D eigenvalue weighted by molar-refractivity contribution is 5.98. The van der Waals surface area contributed by atoms with E-state index in [0.29, 0.717) is 24.1 Å². The first kappa shape index (κ1) is 14.0. The summed E-state index contributed by atoms with van der Waals surface area (Å²) in [6.07, 6.45) is 3.64. The summed E-state index contributed by atoms with van der Waals surface area (Å²) >= 11 is 0. The lowest BCUT2D eigenvalue weighted by atomic mass is 10.1. The van der Waals surface area contributed by atoms with Gasteiger partial charge in [-0.1, -0.05) is 11.8 Å². The molecule has 0 aliphatic carbocycles. The molecule has 1 aliphatic rings. The maximum atomic E-state index is 12.1. The summed E-state index contributed by atoms with van der Waals surface area (Å²) < 4.78 is 0. The van der Waals surface area contributed by atoms with E-state index in [4.69, 9.17) is 5.73 Å². The average Bonchev–Trinajstić information content (AvgIpc) is 2.77. The van der Waals surface area contributed by atoms with Gasteiger partial charge in [-0.2, -0.15) is 0 Å². The number of aromatic nitrogens is 1. The molecule has 0 saturated carbocycles. The maximum absolute atomic E-state index is 12.1. The zero-order valence-corrected chi connectivity index (χ0v) is 11.2. The number of likely N-dealkylation sites (N-methyl/N-ethyl adjacent to an activating group) is 1. The van der Waals surface area contributed by atoms with E-state index in [-0.39, 0.29) is 18.4 Å². The molecular formula is C14H16N4O2. The number of rotatable bonds is 2. The number of amides is 2. The Morgan fingerprint density at radius 3 is 3.05 bits per heavy atom. The van der Waals surface area contributed by atoms with Crippen molar-refractivity contribution in [1.29, 1.82) is 0 Å². The molecule has 104 valence electrons. The monoisotopic (exact) mass is 272 g/mol. The molecule has 0 spiro atoms. The summed E-state index contributed by atoms with van der Waals surface area (Å²) in [4.78, 5) is 29.4. The zero-order valence-electron chi connectivity index (χ0n) is 11.2. The Labute approximate surface area is 117 Å². The van der Waals surface area contributed by atoms with Gasteiger partial charge < -0.3 is 16.0 Å². The number of hydrogen-bond donors (Lipinski definition) is 2. The van der Waals surface area contributed by atoms with Crippen LogP contribution >= 0.6 is 0 Å². The summed E-state index contributed by atoms with van der Waals surface area (Å²) in [5.41, 5.74) is 6.30. The van der Waals surface area contributed by atoms with Gasteiger partial charge >= 0.3 is 0 Å². The molecule has 0 bridgehead atoms. The molecule has 1 fully saturated rings. The summed E-state index contributed by atoms with van der Waals surface area (Å²) in [6.45, 7) is 0.906. The molecule has 1 aromatic rings. The standard InChI is InChI=1S/C14H16N4O2/c1-18-6-4-12(14(18)20)17-13(19)11-7-10(3-2-5-15)8-16-9-11/h7-9,12H,4-6,15H2,1H3,(H,17,19). The van der Waals surface area contributed by atoms with Gasteiger partial charge in [-0.3, -0.25) is 14.6 Å². The van der Waals surface area contributed by atoms with Gasteiger partial charge in [0.05, 0.1) is 12.1 Å². The lowest BCUT2D eigenvalue weighted by molar-refractivity contribution is -0.128. The fraction of sp³-hybridized carbons (Fsp3) is 0.357. The topological polar surface area (TPSA) is 88.3 Å². The molecule has 1 aliphatic heterocycles. The van der Waals surface area contributed by atoms with Crippen LogP contribution in [0.5, 0.6) is 0 Å². The van der Waals surface area contributed by atoms with Gasteiger partial charge in [-0.15, -0.1) is 0 Å². The summed E-state index contributed by atoms with van der Waals surface area (Å²) in [7, 11) is 1.72. The second-order valence-corrected chi connectivity index (χ2v) is 4.54. The van der Waals surface area contributed by atoms with Gasteiger partial charge in [0.2, 0.25) is 5.91 Å². The van der Waals surface area contributed by atoms with Crippen LogP contribution in [0.1, 0.15) is 22.3 Å². The Kier molecular flexibility index (Phi) is 4.33.